The van der Waals surface area contributed by atoms with Crippen molar-refractivity contribution in [2.24, 2.45) is 23.5 Å². The second-order valence-electron chi connectivity index (χ2n) is 6.04. The number of carbonyl (C=O) groups is 2. The molecular formula is C14H25N3O2. The van der Waals surface area contributed by atoms with Gasteiger partial charge in [-0.2, -0.15) is 0 Å². The summed E-state index contributed by atoms with van der Waals surface area (Å²) in [5.74, 6) is 0.897. The lowest BCUT2D eigenvalue weighted by Gasteiger charge is -2.31. The summed E-state index contributed by atoms with van der Waals surface area (Å²) in [5, 5.41) is 5.72. The Morgan fingerprint density at radius 1 is 1.05 bits per heavy atom. The fourth-order valence-electron chi connectivity index (χ4n) is 2.70. The monoisotopic (exact) mass is 267 g/mol. The molecule has 0 aliphatic heterocycles. The van der Waals surface area contributed by atoms with Crippen molar-refractivity contribution >= 4 is 11.8 Å². The van der Waals surface area contributed by atoms with Gasteiger partial charge in [0.25, 0.3) is 0 Å². The van der Waals surface area contributed by atoms with Crippen LogP contribution in [-0.4, -0.2) is 30.9 Å². The van der Waals surface area contributed by atoms with E-state index in [2.05, 4.69) is 17.6 Å². The molecular weight excluding hydrogens is 242 g/mol. The first-order valence-electron chi connectivity index (χ1n) is 7.39. The smallest absolute Gasteiger partial charge is 0.224 e. The second kappa shape index (κ2) is 6.37. The van der Waals surface area contributed by atoms with Crippen molar-refractivity contribution in [3.8, 4) is 0 Å². The molecule has 5 nitrogen and oxygen atoms in total. The summed E-state index contributed by atoms with van der Waals surface area (Å²) in [7, 11) is 0. The Balaban J connectivity index is 1.64. The molecule has 0 aromatic rings. The van der Waals surface area contributed by atoms with E-state index in [9.17, 15) is 9.59 Å². The fraction of sp³-hybridized carbons (Fsp3) is 0.857. The molecule has 2 amide bonds. The van der Waals surface area contributed by atoms with Gasteiger partial charge in [-0.1, -0.05) is 6.92 Å². The van der Waals surface area contributed by atoms with Gasteiger partial charge in [-0.25, -0.2) is 0 Å². The zero-order valence-electron chi connectivity index (χ0n) is 11.7. The number of hydrogen-bond donors (Lipinski definition) is 3. The molecule has 0 radical (unpaired) electrons. The average molecular weight is 267 g/mol. The minimum absolute atomic E-state index is 0.0164. The standard InChI is InChI=1S/C14H25N3O2/c1-9-2-5-12(15)11(8-9)14(19)17-7-6-16-13(18)10-3-4-10/h9-12H,2-8,15H2,1H3,(H,16,18)(H,17,19). The molecule has 3 atom stereocenters. The Morgan fingerprint density at radius 3 is 2.32 bits per heavy atom. The zero-order chi connectivity index (χ0) is 13.8. The lowest BCUT2D eigenvalue weighted by molar-refractivity contribution is -0.127. The predicted molar refractivity (Wildman–Crippen MR) is 73.2 cm³/mol. The van der Waals surface area contributed by atoms with Gasteiger partial charge in [0.05, 0.1) is 5.92 Å². The van der Waals surface area contributed by atoms with E-state index in [-0.39, 0.29) is 29.7 Å². The van der Waals surface area contributed by atoms with Gasteiger partial charge in [-0.3, -0.25) is 9.59 Å². The summed E-state index contributed by atoms with van der Waals surface area (Å²) in [6.45, 7) is 3.18. The molecule has 0 heterocycles. The van der Waals surface area contributed by atoms with E-state index in [1.54, 1.807) is 0 Å². The molecule has 19 heavy (non-hydrogen) atoms. The molecule has 2 rings (SSSR count). The van der Waals surface area contributed by atoms with Crippen LogP contribution in [0.15, 0.2) is 0 Å². The quantitative estimate of drug-likeness (QED) is 0.630. The van der Waals surface area contributed by atoms with E-state index in [1.165, 1.54) is 0 Å². The molecule has 0 spiro atoms. The van der Waals surface area contributed by atoms with Crippen LogP contribution in [0.1, 0.15) is 39.0 Å². The number of amides is 2. The molecule has 2 aliphatic carbocycles. The molecule has 108 valence electrons. The van der Waals surface area contributed by atoms with E-state index in [4.69, 9.17) is 5.73 Å². The molecule has 0 saturated heterocycles. The third-order valence-electron chi connectivity index (χ3n) is 4.17. The minimum atomic E-state index is -0.0668. The SMILES string of the molecule is CC1CCC(N)C(C(=O)NCCNC(=O)C2CC2)C1. The van der Waals surface area contributed by atoms with Crippen LogP contribution >= 0.6 is 0 Å². The van der Waals surface area contributed by atoms with E-state index >= 15 is 0 Å². The van der Waals surface area contributed by atoms with E-state index in [0.29, 0.717) is 19.0 Å². The Bertz CT molecular complexity index is 342. The second-order valence-corrected chi connectivity index (χ2v) is 6.04. The van der Waals surface area contributed by atoms with Crippen LogP contribution in [-0.2, 0) is 9.59 Å². The predicted octanol–water partition coefficient (Wildman–Crippen LogP) is 0.392. The lowest BCUT2D eigenvalue weighted by Crippen LogP contribution is -2.46. The maximum Gasteiger partial charge on any atom is 0.224 e. The first-order chi connectivity index (χ1) is 9.08. The summed E-state index contributed by atoms with van der Waals surface area (Å²) in [5.41, 5.74) is 6.01. The third-order valence-corrected chi connectivity index (χ3v) is 4.17. The highest BCUT2D eigenvalue weighted by molar-refractivity contribution is 5.81. The Hall–Kier alpha value is -1.10. The third kappa shape index (κ3) is 4.20. The highest BCUT2D eigenvalue weighted by Crippen LogP contribution is 2.29. The Labute approximate surface area is 114 Å². The molecule has 2 saturated carbocycles. The van der Waals surface area contributed by atoms with E-state index in [0.717, 1.165) is 32.1 Å². The minimum Gasteiger partial charge on any atom is -0.354 e. The van der Waals surface area contributed by atoms with E-state index < -0.39 is 0 Å². The normalized spacial score (nSPS) is 30.7. The van der Waals surface area contributed by atoms with Crippen molar-refractivity contribution < 1.29 is 9.59 Å². The Morgan fingerprint density at radius 2 is 1.68 bits per heavy atom. The molecule has 4 N–H and O–H groups in total. The summed E-state index contributed by atoms with van der Waals surface area (Å²) >= 11 is 0. The van der Waals surface area contributed by atoms with Crippen molar-refractivity contribution in [2.75, 3.05) is 13.1 Å². The number of nitrogens with one attached hydrogen (secondary N) is 2. The average Bonchev–Trinajstić information content (AvgIpc) is 3.21. The van der Waals surface area contributed by atoms with Crippen LogP contribution < -0.4 is 16.4 Å². The first-order valence-corrected chi connectivity index (χ1v) is 7.39. The molecule has 0 aromatic heterocycles. The van der Waals surface area contributed by atoms with Crippen molar-refractivity contribution in [2.45, 2.75) is 45.1 Å². The largest absolute Gasteiger partial charge is 0.354 e. The van der Waals surface area contributed by atoms with Gasteiger partial charge in [0.2, 0.25) is 11.8 Å². The highest BCUT2D eigenvalue weighted by Gasteiger charge is 2.31. The van der Waals surface area contributed by atoms with Gasteiger partial charge in [0.1, 0.15) is 0 Å². The van der Waals surface area contributed by atoms with Crippen molar-refractivity contribution in [3.63, 3.8) is 0 Å². The summed E-state index contributed by atoms with van der Waals surface area (Å²) in [4.78, 5) is 23.4. The number of carbonyl (C=O) groups excluding carboxylic acids is 2. The van der Waals surface area contributed by atoms with Gasteiger partial charge < -0.3 is 16.4 Å². The lowest BCUT2D eigenvalue weighted by atomic mass is 9.79. The molecule has 2 aliphatic rings. The van der Waals surface area contributed by atoms with E-state index in [1.807, 2.05) is 0 Å². The first kappa shape index (κ1) is 14.3. The van der Waals surface area contributed by atoms with Crippen molar-refractivity contribution in [3.05, 3.63) is 0 Å². The van der Waals surface area contributed by atoms with Crippen LogP contribution in [0, 0.1) is 17.8 Å². The van der Waals surface area contributed by atoms with Crippen molar-refractivity contribution in [1.29, 1.82) is 0 Å². The Kier molecular flexibility index (Phi) is 4.80. The van der Waals surface area contributed by atoms with Crippen LogP contribution in [0.2, 0.25) is 0 Å². The van der Waals surface area contributed by atoms with Crippen molar-refractivity contribution in [1.82, 2.24) is 10.6 Å². The molecule has 5 heteroatoms. The van der Waals surface area contributed by atoms with Crippen LogP contribution in [0.3, 0.4) is 0 Å². The van der Waals surface area contributed by atoms with Gasteiger partial charge in [0.15, 0.2) is 0 Å². The highest BCUT2D eigenvalue weighted by atomic mass is 16.2. The zero-order valence-corrected chi connectivity index (χ0v) is 11.7. The molecule has 0 bridgehead atoms. The van der Waals surface area contributed by atoms with Crippen LogP contribution in [0.4, 0.5) is 0 Å². The van der Waals surface area contributed by atoms with Gasteiger partial charge in [0, 0.05) is 25.0 Å². The fourth-order valence-corrected chi connectivity index (χ4v) is 2.70. The summed E-state index contributed by atoms with van der Waals surface area (Å²) in [6.07, 6.45) is 4.93. The summed E-state index contributed by atoms with van der Waals surface area (Å²) < 4.78 is 0. The number of nitrogens with two attached hydrogens (primary N) is 1. The summed E-state index contributed by atoms with van der Waals surface area (Å²) in [6, 6.07) is -0.0164. The molecule has 0 aromatic carbocycles. The van der Waals surface area contributed by atoms with Crippen LogP contribution in [0.5, 0.6) is 0 Å². The van der Waals surface area contributed by atoms with Crippen LogP contribution in [0.25, 0.3) is 0 Å². The number of hydrogen-bond acceptors (Lipinski definition) is 3. The number of rotatable bonds is 5. The molecule has 2 fully saturated rings. The maximum absolute atomic E-state index is 12.0. The van der Waals surface area contributed by atoms with Gasteiger partial charge >= 0.3 is 0 Å². The molecule has 3 unspecified atom stereocenters. The van der Waals surface area contributed by atoms with Gasteiger partial charge in [-0.15, -0.1) is 0 Å². The van der Waals surface area contributed by atoms with Gasteiger partial charge in [-0.05, 0) is 38.0 Å². The topological polar surface area (TPSA) is 84.2 Å². The maximum atomic E-state index is 12.0.